The summed E-state index contributed by atoms with van der Waals surface area (Å²) in [6.45, 7) is 0.582. The second kappa shape index (κ2) is 13.4. The van der Waals surface area contributed by atoms with Crippen molar-refractivity contribution in [1.82, 2.24) is 9.80 Å². The van der Waals surface area contributed by atoms with Gasteiger partial charge in [-0.15, -0.1) is 23.5 Å². The molecule has 14 heteroatoms. The number of carbonyl (C=O) groups excluding carboxylic acids is 3. The first-order valence-corrected chi connectivity index (χ1v) is 21.3. The zero-order chi connectivity index (χ0) is 39.4. The van der Waals surface area contributed by atoms with Crippen LogP contribution in [0.25, 0.3) is 0 Å². The number of ether oxygens (including phenoxy) is 2. The lowest BCUT2D eigenvalue weighted by molar-refractivity contribution is -0.128. The number of amides is 2. The SMILES string of the molecule is COC1=CC=C(C2C3SCCN3C3(C(=O)Nc4ccccc43)C2/C(O)=C/C(=O)C2C3CSCN3C3(C(=O)Nc4ccccc43)C2c2ccc(O)c(OC)c2)CC1O. The fourth-order valence-electron chi connectivity index (χ4n) is 11.2. The summed E-state index contributed by atoms with van der Waals surface area (Å²) in [6.07, 6.45) is 4.32. The van der Waals surface area contributed by atoms with E-state index >= 15 is 4.79 Å². The number of anilines is 2. The minimum absolute atomic E-state index is 0.0678. The molecule has 7 aliphatic rings. The summed E-state index contributed by atoms with van der Waals surface area (Å²) in [4.78, 5) is 49.0. The topological polar surface area (TPSA) is 161 Å². The molecule has 0 saturated carbocycles. The van der Waals surface area contributed by atoms with Gasteiger partial charge in [-0.2, -0.15) is 0 Å². The van der Waals surface area contributed by atoms with Crippen molar-refractivity contribution >= 4 is 52.5 Å². The van der Waals surface area contributed by atoms with Crippen molar-refractivity contribution in [3.63, 3.8) is 0 Å². The Morgan fingerprint density at radius 3 is 2.33 bits per heavy atom. The van der Waals surface area contributed by atoms with Crippen LogP contribution in [0.15, 0.2) is 102 Å². The summed E-state index contributed by atoms with van der Waals surface area (Å²) < 4.78 is 11.0. The molecule has 57 heavy (non-hydrogen) atoms. The van der Waals surface area contributed by atoms with E-state index in [0.717, 1.165) is 22.5 Å². The van der Waals surface area contributed by atoms with Crippen molar-refractivity contribution < 1.29 is 39.2 Å². The lowest BCUT2D eigenvalue weighted by Crippen LogP contribution is -2.51. The van der Waals surface area contributed by atoms with E-state index in [1.165, 1.54) is 26.4 Å². The normalized spacial score (nSPS) is 34.1. The number of nitrogens with zero attached hydrogens (tertiary/aromatic N) is 2. The first kappa shape index (κ1) is 36.6. The number of nitrogens with one attached hydrogen (secondary N) is 2. The van der Waals surface area contributed by atoms with Gasteiger partial charge in [0.25, 0.3) is 0 Å². The molecule has 0 aromatic heterocycles. The van der Waals surface area contributed by atoms with E-state index in [2.05, 4.69) is 20.4 Å². The Hall–Kier alpha value is -4.73. The minimum atomic E-state index is -1.34. The zero-order valence-corrected chi connectivity index (χ0v) is 32.9. The Bertz CT molecular complexity index is 2330. The highest BCUT2D eigenvalue weighted by molar-refractivity contribution is 8.00. The van der Waals surface area contributed by atoms with Gasteiger partial charge in [-0.1, -0.05) is 54.1 Å². The Morgan fingerprint density at radius 2 is 1.63 bits per heavy atom. The van der Waals surface area contributed by atoms with E-state index < -0.39 is 40.9 Å². The quantitative estimate of drug-likeness (QED) is 0.160. The van der Waals surface area contributed by atoms with Crippen LogP contribution in [0.5, 0.6) is 11.5 Å². The van der Waals surface area contributed by atoms with E-state index in [1.54, 1.807) is 41.7 Å². The number of aliphatic hydroxyl groups is 2. The van der Waals surface area contributed by atoms with Gasteiger partial charge in [0.05, 0.1) is 25.5 Å². The molecule has 6 heterocycles. The number of hydrogen-bond acceptors (Lipinski definition) is 12. The molecule has 6 aliphatic heterocycles. The van der Waals surface area contributed by atoms with E-state index in [9.17, 15) is 24.9 Å². The smallest absolute Gasteiger partial charge is 0.250 e. The van der Waals surface area contributed by atoms with Crippen LogP contribution in [0.1, 0.15) is 29.0 Å². The molecule has 294 valence electrons. The van der Waals surface area contributed by atoms with Gasteiger partial charge in [-0.25, -0.2) is 0 Å². The number of para-hydroxylation sites is 2. The lowest BCUT2D eigenvalue weighted by Gasteiger charge is -2.38. The number of aliphatic hydroxyl groups excluding tert-OH is 2. The standard InChI is InChI=1S/C43H42N4O8S2/c1-54-33-14-12-22(17-30(33)49)35-38(43(46-15-16-57-39(35)46)25-8-4-6-10-27(25)45-41(43)53)32(51)19-31(50)36-28-20-56-21-47(28)42(24-7-3-5-9-26(24)44-40(42)52)37(36)23-11-13-29(48)34(18-23)55-2/h3-14,18-19,28,30,35-39,48-49,51H,15-17,20-21H2,1-2H3,(H,44,52)(H,45,53)/b32-19-. The molecule has 10 rings (SSSR count). The van der Waals surface area contributed by atoms with Gasteiger partial charge in [0.15, 0.2) is 17.3 Å². The van der Waals surface area contributed by atoms with Crippen molar-refractivity contribution in [2.75, 3.05) is 48.8 Å². The largest absolute Gasteiger partial charge is 0.512 e. The molecule has 9 unspecified atom stereocenters. The van der Waals surface area contributed by atoms with Gasteiger partial charge < -0.3 is 35.4 Å². The van der Waals surface area contributed by atoms with Gasteiger partial charge >= 0.3 is 0 Å². The average Bonchev–Trinajstić information content (AvgIpc) is 4.05. The molecule has 9 atom stereocenters. The Morgan fingerprint density at radius 1 is 0.930 bits per heavy atom. The van der Waals surface area contributed by atoms with Crippen molar-refractivity contribution in [1.29, 1.82) is 0 Å². The van der Waals surface area contributed by atoms with Crippen LogP contribution in [0.4, 0.5) is 11.4 Å². The maximum Gasteiger partial charge on any atom is 0.250 e. The number of rotatable bonds is 7. The molecule has 0 bridgehead atoms. The highest BCUT2D eigenvalue weighted by atomic mass is 32.2. The Labute approximate surface area is 338 Å². The number of phenolic OH excluding ortho intramolecular Hbond substituents is 1. The molecule has 1 aliphatic carbocycles. The number of fused-ring (bicyclic) bond motifs is 8. The van der Waals surface area contributed by atoms with Crippen LogP contribution in [0, 0.1) is 17.8 Å². The second-order valence-electron chi connectivity index (χ2n) is 15.7. The molecule has 3 aromatic carbocycles. The molecular weight excluding hydrogens is 765 g/mol. The summed E-state index contributed by atoms with van der Waals surface area (Å²) in [6, 6.07) is 19.7. The number of carbonyl (C=O) groups is 3. The zero-order valence-electron chi connectivity index (χ0n) is 31.3. The van der Waals surface area contributed by atoms with Crippen molar-refractivity contribution in [2.45, 2.75) is 40.9 Å². The fourth-order valence-corrected chi connectivity index (χ4v) is 14.1. The summed E-state index contributed by atoms with van der Waals surface area (Å²) in [7, 11) is 2.98. The molecule has 4 saturated heterocycles. The predicted octanol–water partition coefficient (Wildman–Crippen LogP) is 5.04. The van der Waals surface area contributed by atoms with E-state index in [4.69, 9.17) is 9.47 Å². The molecule has 3 aromatic rings. The van der Waals surface area contributed by atoms with Gasteiger partial charge in [0, 0.05) is 82.7 Å². The number of ketones is 1. The molecule has 4 fully saturated rings. The monoisotopic (exact) mass is 806 g/mol. The van der Waals surface area contributed by atoms with Gasteiger partial charge in [0.1, 0.15) is 28.7 Å². The number of benzene rings is 3. The highest BCUT2D eigenvalue weighted by Crippen LogP contribution is 2.65. The molecule has 12 nitrogen and oxygen atoms in total. The number of hydrogen-bond donors (Lipinski definition) is 5. The van der Waals surface area contributed by atoms with Crippen LogP contribution in [-0.2, 0) is 30.2 Å². The summed E-state index contributed by atoms with van der Waals surface area (Å²) in [5, 5.41) is 40.6. The van der Waals surface area contributed by atoms with Crippen LogP contribution in [-0.4, -0.2) is 98.4 Å². The summed E-state index contributed by atoms with van der Waals surface area (Å²) in [5.41, 5.74) is 1.71. The van der Waals surface area contributed by atoms with Gasteiger partial charge in [-0.3, -0.25) is 24.2 Å². The Kier molecular flexibility index (Phi) is 8.61. The fraction of sp³-hybridized carbons (Fsp3) is 0.372. The maximum atomic E-state index is 15.4. The summed E-state index contributed by atoms with van der Waals surface area (Å²) in [5.74, 6) is -1.58. The third kappa shape index (κ3) is 4.91. The first-order chi connectivity index (χ1) is 27.7. The van der Waals surface area contributed by atoms with Crippen molar-refractivity contribution in [3.8, 4) is 11.5 Å². The van der Waals surface area contributed by atoms with Gasteiger partial charge in [-0.05, 0) is 35.9 Å². The van der Waals surface area contributed by atoms with Crippen molar-refractivity contribution in [2.24, 2.45) is 17.8 Å². The first-order valence-electron chi connectivity index (χ1n) is 19.1. The molecule has 0 radical (unpaired) electrons. The molecule has 5 N–H and O–H groups in total. The van der Waals surface area contributed by atoms with E-state index in [0.29, 0.717) is 40.9 Å². The van der Waals surface area contributed by atoms with E-state index in [1.807, 2.05) is 54.6 Å². The third-order valence-electron chi connectivity index (χ3n) is 13.3. The van der Waals surface area contributed by atoms with Crippen molar-refractivity contribution in [3.05, 3.63) is 119 Å². The number of thioether (sulfide) groups is 2. The van der Waals surface area contributed by atoms with Crippen LogP contribution in [0.2, 0.25) is 0 Å². The highest BCUT2D eigenvalue weighted by Gasteiger charge is 2.71. The second-order valence-corrected chi connectivity index (χ2v) is 17.9. The third-order valence-corrected chi connectivity index (χ3v) is 15.7. The molecular formula is C43H42N4O8S2. The number of phenols is 1. The summed E-state index contributed by atoms with van der Waals surface area (Å²) >= 11 is 3.36. The van der Waals surface area contributed by atoms with E-state index in [-0.39, 0.29) is 52.7 Å². The number of allylic oxidation sites excluding steroid dienone is 3. The molecule has 2 amide bonds. The number of methoxy groups -OCH3 is 2. The Balaban J connectivity index is 1.15. The van der Waals surface area contributed by atoms with Crippen LogP contribution >= 0.6 is 23.5 Å². The number of aromatic hydroxyl groups is 1. The minimum Gasteiger partial charge on any atom is -0.512 e. The van der Waals surface area contributed by atoms with Crippen LogP contribution < -0.4 is 15.4 Å². The van der Waals surface area contributed by atoms with Crippen LogP contribution in [0.3, 0.4) is 0 Å². The average molecular weight is 807 g/mol. The molecule has 2 spiro atoms. The predicted molar refractivity (Wildman–Crippen MR) is 217 cm³/mol. The maximum absolute atomic E-state index is 15.4. The van der Waals surface area contributed by atoms with Gasteiger partial charge in [0.2, 0.25) is 11.8 Å². The lowest BCUT2D eigenvalue weighted by atomic mass is 9.69.